The molecule has 2 aromatic rings. The smallest absolute Gasteiger partial charge is 0.138 e. The van der Waals surface area contributed by atoms with E-state index in [1.807, 2.05) is 18.3 Å². The lowest BCUT2D eigenvalue weighted by atomic mass is 10.1. The standard InChI is InChI=1S/C11H13BrN2/c1-8(2)5-10-7-14-4-3-9(12)6-11(14)13-10/h3-4,6-8H,5H2,1-2H3. The van der Waals surface area contributed by atoms with Gasteiger partial charge in [-0.2, -0.15) is 0 Å². The Morgan fingerprint density at radius 3 is 3.00 bits per heavy atom. The summed E-state index contributed by atoms with van der Waals surface area (Å²) in [4.78, 5) is 4.55. The number of nitrogens with zero attached hydrogens (tertiary/aromatic N) is 2. The Bertz CT molecular complexity index is 445. The monoisotopic (exact) mass is 252 g/mol. The number of hydrogen-bond acceptors (Lipinski definition) is 1. The number of fused-ring (bicyclic) bond motifs is 1. The second kappa shape index (κ2) is 3.73. The van der Waals surface area contributed by atoms with E-state index >= 15 is 0 Å². The first kappa shape index (κ1) is 9.71. The summed E-state index contributed by atoms with van der Waals surface area (Å²) >= 11 is 3.44. The van der Waals surface area contributed by atoms with Crippen LogP contribution in [0.3, 0.4) is 0 Å². The molecule has 0 amide bonds. The lowest BCUT2D eigenvalue weighted by Crippen LogP contribution is -1.93. The van der Waals surface area contributed by atoms with E-state index in [0.717, 1.165) is 22.2 Å². The second-order valence-corrected chi connectivity index (χ2v) is 4.86. The largest absolute Gasteiger partial charge is 0.307 e. The minimum atomic E-state index is 0.656. The Hall–Kier alpha value is -0.830. The molecule has 0 atom stereocenters. The average Bonchev–Trinajstić information content (AvgIpc) is 2.44. The van der Waals surface area contributed by atoms with Gasteiger partial charge in [-0.05, 0) is 24.5 Å². The van der Waals surface area contributed by atoms with E-state index in [9.17, 15) is 0 Å². The number of halogens is 1. The minimum absolute atomic E-state index is 0.656. The van der Waals surface area contributed by atoms with Gasteiger partial charge in [0.2, 0.25) is 0 Å². The molecule has 0 saturated heterocycles. The zero-order valence-electron chi connectivity index (χ0n) is 8.37. The van der Waals surface area contributed by atoms with Crippen LogP contribution >= 0.6 is 15.9 Å². The quantitative estimate of drug-likeness (QED) is 0.802. The Morgan fingerprint density at radius 1 is 1.50 bits per heavy atom. The van der Waals surface area contributed by atoms with Crippen LogP contribution < -0.4 is 0 Å². The van der Waals surface area contributed by atoms with Crippen LogP contribution in [0.2, 0.25) is 0 Å². The minimum Gasteiger partial charge on any atom is -0.307 e. The number of imidazole rings is 1. The summed E-state index contributed by atoms with van der Waals surface area (Å²) in [5.74, 6) is 0.656. The molecular weight excluding hydrogens is 240 g/mol. The van der Waals surface area contributed by atoms with Crippen LogP contribution in [0, 0.1) is 5.92 Å². The predicted molar refractivity (Wildman–Crippen MR) is 61.4 cm³/mol. The van der Waals surface area contributed by atoms with E-state index in [0.29, 0.717) is 5.92 Å². The van der Waals surface area contributed by atoms with E-state index < -0.39 is 0 Å². The van der Waals surface area contributed by atoms with Crippen molar-refractivity contribution in [3.8, 4) is 0 Å². The van der Waals surface area contributed by atoms with Gasteiger partial charge in [0.25, 0.3) is 0 Å². The molecule has 0 radical (unpaired) electrons. The highest BCUT2D eigenvalue weighted by atomic mass is 79.9. The van der Waals surface area contributed by atoms with Gasteiger partial charge < -0.3 is 4.40 Å². The summed E-state index contributed by atoms with van der Waals surface area (Å²) in [6.45, 7) is 4.42. The van der Waals surface area contributed by atoms with Crippen molar-refractivity contribution in [1.82, 2.24) is 9.38 Å². The molecule has 2 heterocycles. The zero-order valence-corrected chi connectivity index (χ0v) is 9.95. The van der Waals surface area contributed by atoms with Crippen LogP contribution in [0.4, 0.5) is 0 Å². The topological polar surface area (TPSA) is 17.3 Å². The highest BCUT2D eigenvalue weighted by molar-refractivity contribution is 9.10. The average molecular weight is 253 g/mol. The van der Waals surface area contributed by atoms with Crippen LogP contribution in [0.5, 0.6) is 0 Å². The lowest BCUT2D eigenvalue weighted by Gasteiger charge is -1.97. The molecule has 3 heteroatoms. The van der Waals surface area contributed by atoms with Crippen LogP contribution in [0.1, 0.15) is 19.5 Å². The first-order valence-corrected chi connectivity index (χ1v) is 5.57. The molecular formula is C11H13BrN2. The molecule has 2 aromatic heterocycles. The molecule has 14 heavy (non-hydrogen) atoms. The van der Waals surface area contributed by atoms with Crippen molar-refractivity contribution in [3.63, 3.8) is 0 Å². The number of hydrogen-bond donors (Lipinski definition) is 0. The van der Waals surface area contributed by atoms with Gasteiger partial charge in [0.15, 0.2) is 0 Å². The van der Waals surface area contributed by atoms with Crippen molar-refractivity contribution in [1.29, 1.82) is 0 Å². The Labute approximate surface area is 92.1 Å². The normalized spacial score (nSPS) is 11.4. The molecule has 0 aliphatic carbocycles. The molecule has 2 rings (SSSR count). The van der Waals surface area contributed by atoms with Crippen LogP contribution in [-0.2, 0) is 6.42 Å². The lowest BCUT2D eigenvalue weighted by molar-refractivity contribution is 0.638. The fourth-order valence-electron chi connectivity index (χ4n) is 1.53. The zero-order chi connectivity index (χ0) is 10.1. The van der Waals surface area contributed by atoms with Gasteiger partial charge in [-0.3, -0.25) is 0 Å². The van der Waals surface area contributed by atoms with Crippen molar-refractivity contribution >= 4 is 21.6 Å². The van der Waals surface area contributed by atoms with Crippen LogP contribution in [0.25, 0.3) is 5.65 Å². The number of rotatable bonds is 2. The third-order valence-electron chi connectivity index (χ3n) is 2.09. The Balaban J connectivity index is 2.41. The maximum Gasteiger partial charge on any atom is 0.138 e. The Morgan fingerprint density at radius 2 is 2.29 bits per heavy atom. The van der Waals surface area contributed by atoms with Crippen molar-refractivity contribution in [2.75, 3.05) is 0 Å². The summed E-state index contributed by atoms with van der Waals surface area (Å²) in [5.41, 5.74) is 2.17. The van der Waals surface area contributed by atoms with Gasteiger partial charge >= 0.3 is 0 Å². The van der Waals surface area contributed by atoms with Crippen molar-refractivity contribution in [3.05, 3.63) is 34.7 Å². The van der Waals surface area contributed by atoms with Gasteiger partial charge in [-0.1, -0.05) is 29.8 Å². The summed E-state index contributed by atoms with van der Waals surface area (Å²) in [6.07, 6.45) is 5.16. The van der Waals surface area contributed by atoms with Crippen LogP contribution in [0.15, 0.2) is 29.0 Å². The Kier molecular flexibility index (Phi) is 2.59. The van der Waals surface area contributed by atoms with Gasteiger partial charge in [-0.15, -0.1) is 0 Å². The van der Waals surface area contributed by atoms with Crippen molar-refractivity contribution in [2.45, 2.75) is 20.3 Å². The van der Waals surface area contributed by atoms with Crippen molar-refractivity contribution in [2.24, 2.45) is 5.92 Å². The number of pyridine rings is 1. The summed E-state index contributed by atoms with van der Waals surface area (Å²) < 4.78 is 3.13. The molecule has 0 aliphatic rings. The van der Waals surface area contributed by atoms with E-state index in [-0.39, 0.29) is 0 Å². The third kappa shape index (κ3) is 1.98. The molecule has 2 nitrogen and oxygen atoms in total. The molecule has 0 saturated carbocycles. The molecule has 0 unspecified atom stereocenters. The van der Waals surface area contributed by atoms with Crippen LogP contribution in [-0.4, -0.2) is 9.38 Å². The fourth-order valence-corrected chi connectivity index (χ4v) is 1.85. The van der Waals surface area contributed by atoms with Gasteiger partial charge in [0, 0.05) is 16.9 Å². The first-order chi connectivity index (χ1) is 6.65. The molecule has 0 fully saturated rings. The molecule has 0 bridgehead atoms. The molecule has 0 aliphatic heterocycles. The van der Waals surface area contributed by atoms with E-state index in [2.05, 4.69) is 45.4 Å². The highest BCUT2D eigenvalue weighted by Gasteiger charge is 2.03. The second-order valence-electron chi connectivity index (χ2n) is 3.94. The summed E-state index contributed by atoms with van der Waals surface area (Å²) in [7, 11) is 0. The fraction of sp³-hybridized carbons (Fsp3) is 0.364. The van der Waals surface area contributed by atoms with Gasteiger partial charge in [0.1, 0.15) is 5.65 Å². The third-order valence-corrected chi connectivity index (χ3v) is 2.58. The van der Waals surface area contributed by atoms with Gasteiger partial charge in [0.05, 0.1) is 5.69 Å². The molecule has 0 N–H and O–H groups in total. The predicted octanol–water partition coefficient (Wildman–Crippen LogP) is 3.30. The van der Waals surface area contributed by atoms with Gasteiger partial charge in [-0.25, -0.2) is 4.98 Å². The number of aromatic nitrogens is 2. The summed E-state index contributed by atoms with van der Waals surface area (Å²) in [5, 5.41) is 0. The molecule has 0 aromatic carbocycles. The maximum atomic E-state index is 4.55. The van der Waals surface area contributed by atoms with E-state index in [1.165, 1.54) is 0 Å². The first-order valence-electron chi connectivity index (χ1n) is 4.78. The maximum absolute atomic E-state index is 4.55. The molecule has 0 spiro atoms. The highest BCUT2D eigenvalue weighted by Crippen LogP contribution is 2.14. The molecule has 74 valence electrons. The van der Waals surface area contributed by atoms with E-state index in [4.69, 9.17) is 0 Å². The summed E-state index contributed by atoms with van der Waals surface area (Å²) in [6, 6.07) is 4.05. The van der Waals surface area contributed by atoms with E-state index in [1.54, 1.807) is 0 Å². The SMILES string of the molecule is CC(C)Cc1cn2ccc(Br)cc2n1. The van der Waals surface area contributed by atoms with Crippen molar-refractivity contribution < 1.29 is 0 Å².